The molecule has 0 aliphatic heterocycles. The number of hydrogen-bond acceptors (Lipinski definition) is 2. The predicted octanol–water partition coefficient (Wildman–Crippen LogP) is 3.37. The van der Waals surface area contributed by atoms with Gasteiger partial charge in [-0.2, -0.15) is 0 Å². The highest BCUT2D eigenvalue weighted by Gasteiger charge is 2.21. The zero-order valence-electron chi connectivity index (χ0n) is 10.2. The molecule has 0 spiro atoms. The van der Waals surface area contributed by atoms with Crippen LogP contribution in [-0.4, -0.2) is 16.8 Å². The lowest BCUT2D eigenvalue weighted by Gasteiger charge is -2.28. The molecule has 3 heteroatoms. The van der Waals surface area contributed by atoms with E-state index in [1.807, 2.05) is 37.3 Å². The van der Waals surface area contributed by atoms with E-state index in [1.54, 1.807) is 17.9 Å². The van der Waals surface area contributed by atoms with E-state index < -0.39 is 0 Å². The van der Waals surface area contributed by atoms with Crippen molar-refractivity contribution in [2.24, 2.45) is 0 Å². The molecule has 0 fully saturated rings. The third kappa shape index (κ3) is 3.49. The Morgan fingerprint density at radius 2 is 2.06 bits per heavy atom. The molecule has 1 unspecified atom stereocenters. The van der Waals surface area contributed by atoms with Crippen molar-refractivity contribution in [2.45, 2.75) is 26.3 Å². The molecule has 1 aromatic rings. The molecule has 90 valence electrons. The largest absolute Gasteiger partial charge is 0.305 e. The molecule has 0 heterocycles. The van der Waals surface area contributed by atoms with Crippen LogP contribution >= 0.6 is 12.2 Å². The number of rotatable bonds is 5. The van der Waals surface area contributed by atoms with Crippen LogP contribution in [0.25, 0.3) is 0 Å². The smallest absolute Gasteiger partial charge is 0.224 e. The van der Waals surface area contributed by atoms with Gasteiger partial charge in [0.2, 0.25) is 5.91 Å². The standard InChI is InChI=1S/C14H17NOS/c1-4-8-14(17)11(2)15(12(3)16)13-9-6-5-7-10-13/h4-7,9-11H,1,8H2,2-3H3. The molecule has 1 atom stereocenters. The van der Waals surface area contributed by atoms with Crippen LogP contribution < -0.4 is 4.90 Å². The first kappa shape index (κ1) is 13.6. The third-order valence-electron chi connectivity index (χ3n) is 2.57. The van der Waals surface area contributed by atoms with Gasteiger partial charge in [0.25, 0.3) is 0 Å². The Bertz CT molecular complexity index is 413. The molecule has 0 saturated carbocycles. The van der Waals surface area contributed by atoms with Crippen molar-refractivity contribution >= 4 is 28.7 Å². The molecule has 0 bridgehead atoms. The monoisotopic (exact) mass is 247 g/mol. The minimum Gasteiger partial charge on any atom is -0.305 e. The molecule has 0 N–H and O–H groups in total. The van der Waals surface area contributed by atoms with E-state index in [1.165, 1.54) is 0 Å². The molecule has 1 rings (SSSR count). The zero-order chi connectivity index (χ0) is 12.8. The van der Waals surface area contributed by atoms with E-state index in [0.29, 0.717) is 6.42 Å². The maximum absolute atomic E-state index is 11.7. The Hall–Kier alpha value is -1.48. The topological polar surface area (TPSA) is 20.3 Å². The fourth-order valence-corrected chi connectivity index (χ4v) is 1.95. The lowest BCUT2D eigenvalue weighted by Crippen LogP contribution is -2.41. The number of amides is 1. The van der Waals surface area contributed by atoms with Gasteiger partial charge in [0, 0.05) is 17.5 Å². The van der Waals surface area contributed by atoms with Crippen LogP contribution in [0.15, 0.2) is 43.0 Å². The van der Waals surface area contributed by atoms with E-state index >= 15 is 0 Å². The summed E-state index contributed by atoms with van der Waals surface area (Å²) in [7, 11) is 0. The van der Waals surface area contributed by atoms with Gasteiger partial charge in [-0.05, 0) is 25.5 Å². The van der Waals surface area contributed by atoms with Crippen LogP contribution in [-0.2, 0) is 4.79 Å². The van der Waals surface area contributed by atoms with Crippen LogP contribution in [0.3, 0.4) is 0 Å². The van der Waals surface area contributed by atoms with Crippen molar-refractivity contribution in [3.8, 4) is 0 Å². The van der Waals surface area contributed by atoms with E-state index in [4.69, 9.17) is 12.2 Å². The number of hydrogen-bond donors (Lipinski definition) is 0. The highest BCUT2D eigenvalue weighted by atomic mass is 32.1. The van der Waals surface area contributed by atoms with Crippen molar-refractivity contribution in [1.82, 2.24) is 0 Å². The summed E-state index contributed by atoms with van der Waals surface area (Å²) in [5.74, 6) is -0.00453. The number of carbonyl (C=O) groups excluding carboxylic acids is 1. The molecule has 0 saturated heterocycles. The first-order chi connectivity index (χ1) is 8.07. The van der Waals surface area contributed by atoms with Crippen LogP contribution in [0, 0.1) is 0 Å². The lowest BCUT2D eigenvalue weighted by molar-refractivity contribution is -0.116. The summed E-state index contributed by atoms with van der Waals surface area (Å²) in [6.07, 6.45) is 2.41. The summed E-state index contributed by atoms with van der Waals surface area (Å²) < 4.78 is 0. The van der Waals surface area contributed by atoms with E-state index in [9.17, 15) is 4.79 Å². The van der Waals surface area contributed by atoms with Crippen LogP contribution in [0.4, 0.5) is 5.69 Å². The third-order valence-corrected chi connectivity index (χ3v) is 3.08. The molecular weight excluding hydrogens is 230 g/mol. The van der Waals surface area contributed by atoms with Crippen molar-refractivity contribution in [2.75, 3.05) is 4.90 Å². The first-order valence-corrected chi connectivity index (χ1v) is 5.97. The zero-order valence-corrected chi connectivity index (χ0v) is 11.0. The van der Waals surface area contributed by atoms with Gasteiger partial charge in [-0.15, -0.1) is 6.58 Å². The number of para-hydroxylation sites is 1. The molecule has 2 nitrogen and oxygen atoms in total. The van der Waals surface area contributed by atoms with Crippen molar-refractivity contribution < 1.29 is 4.79 Å². The predicted molar refractivity (Wildman–Crippen MR) is 76.5 cm³/mol. The summed E-state index contributed by atoms with van der Waals surface area (Å²) in [5, 5.41) is 0. The highest BCUT2D eigenvalue weighted by Crippen LogP contribution is 2.18. The summed E-state index contributed by atoms with van der Waals surface area (Å²) in [6.45, 7) is 7.17. The van der Waals surface area contributed by atoms with Gasteiger partial charge in [-0.3, -0.25) is 4.79 Å². The molecule has 1 aromatic carbocycles. The van der Waals surface area contributed by atoms with Crippen molar-refractivity contribution in [3.05, 3.63) is 43.0 Å². The van der Waals surface area contributed by atoms with Gasteiger partial charge in [0.05, 0.1) is 6.04 Å². The fraction of sp³-hybridized carbons (Fsp3) is 0.286. The average Bonchev–Trinajstić information content (AvgIpc) is 2.30. The van der Waals surface area contributed by atoms with Gasteiger partial charge < -0.3 is 4.90 Å². The first-order valence-electron chi connectivity index (χ1n) is 5.56. The second-order valence-corrected chi connectivity index (χ2v) is 4.38. The number of thiocarbonyl (C=S) groups is 1. The molecule has 17 heavy (non-hydrogen) atoms. The van der Waals surface area contributed by atoms with Gasteiger partial charge in [0.1, 0.15) is 0 Å². The van der Waals surface area contributed by atoms with Crippen molar-refractivity contribution in [1.29, 1.82) is 0 Å². The Morgan fingerprint density at radius 3 is 2.53 bits per heavy atom. The van der Waals surface area contributed by atoms with E-state index in [0.717, 1.165) is 10.6 Å². The highest BCUT2D eigenvalue weighted by molar-refractivity contribution is 7.80. The summed E-state index contributed by atoms with van der Waals surface area (Å²) in [6, 6.07) is 9.48. The quantitative estimate of drug-likeness (QED) is 0.587. The second-order valence-electron chi connectivity index (χ2n) is 3.86. The molecule has 0 aliphatic rings. The van der Waals surface area contributed by atoms with Gasteiger partial charge in [0.15, 0.2) is 0 Å². The number of anilines is 1. The Labute approximate surface area is 108 Å². The number of nitrogens with zero attached hydrogens (tertiary/aromatic N) is 1. The number of carbonyl (C=O) groups is 1. The molecule has 0 aromatic heterocycles. The average molecular weight is 247 g/mol. The maximum atomic E-state index is 11.7. The summed E-state index contributed by atoms with van der Waals surface area (Å²) in [5.41, 5.74) is 0.874. The number of benzene rings is 1. The normalized spacial score (nSPS) is 11.6. The van der Waals surface area contributed by atoms with Crippen molar-refractivity contribution in [3.63, 3.8) is 0 Å². The number of allylic oxidation sites excluding steroid dienone is 1. The minimum atomic E-state index is -0.0945. The van der Waals surface area contributed by atoms with E-state index in [2.05, 4.69) is 6.58 Å². The summed E-state index contributed by atoms with van der Waals surface area (Å²) in [4.78, 5) is 14.3. The van der Waals surface area contributed by atoms with Gasteiger partial charge >= 0.3 is 0 Å². The molecule has 0 radical (unpaired) electrons. The van der Waals surface area contributed by atoms with Crippen LogP contribution in [0.2, 0.25) is 0 Å². The van der Waals surface area contributed by atoms with Crippen LogP contribution in [0.1, 0.15) is 20.3 Å². The SMILES string of the molecule is C=CCC(=S)C(C)N(C(C)=O)c1ccccc1. The Balaban J connectivity index is 2.98. The van der Waals surface area contributed by atoms with Gasteiger partial charge in [-0.25, -0.2) is 0 Å². The molecule has 1 amide bonds. The van der Waals surface area contributed by atoms with Crippen LogP contribution in [0.5, 0.6) is 0 Å². The summed E-state index contributed by atoms with van der Waals surface area (Å²) >= 11 is 5.31. The Morgan fingerprint density at radius 1 is 1.47 bits per heavy atom. The lowest BCUT2D eigenvalue weighted by atomic mass is 10.1. The van der Waals surface area contributed by atoms with Gasteiger partial charge in [-0.1, -0.05) is 36.5 Å². The fourth-order valence-electron chi connectivity index (χ4n) is 1.72. The Kier molecular flexibility index (Phi) is 5.04. The van der Waals surface area contributed by atoms with E-state index in [-0.39, 0.29) is 11.9 Å². The maximum Gasteiger partial charge on any atom is 0.224 e. The second kappa shape index (κ2) is 6.30. The molecule has 0 aliphatic carbocycles. The molecular formula is C14H17NOS. The minimum absolute atomic E-state index is 0.00453.